The molecule has 0 aliphatic carbocycles. The number of aliphatic imine (C=N–C) groups is 1. The van der Waals surface area contributed by atoms with Crippen molar-refractivity contribution < 1.29 is 4.74 Å². The number of ether oxygens (including phenoxy) is 1. The number of rotatable bonds is 5. The maximum absolute atomic E-state index is 6.08. The van der Waals surface area contributed by atoms with Crippen LogP contribution in [0.2, 0.25) is 0 Å². The molecule has 3 rings (SSSR count). The van der Waals surface area contributed by atoms with E-state index in [1.165, 1.54) is 31.5 Å². The van der Waals surface area contributed by atoms with Crippen LogP contribution in [0.5, 0.6) is 5.75 Å². The number of benzene rings is 1. The summed E-state index contributed by atoms with van der Waals surface area (Å²) in [6.45, 7) is 7.45. The highest BCUT2D eigenvalue weighted by Crippen LogP contribution is 2.31. The SMILES string of the molecule is CC1CCN(CCCN=C(N)NC2CCOc3ccccc32)CC1. The van der Waals surface area contributed by atoms with Crippen LogP contribution in [0.25, 0.3) is 0 Å². The van der Waals surface area contributed by atoms with Gasteiger partial charge in [-0.3, -0.25) is 4.99 Å². The number of nitrogens with zero attached hydrogens (tertiary/aromatic N) is 2. The lowest BCUT2D eigenvalue weighted by atomic mass is 9.99. The predicted octanol–water partition coefficient (Wildman–Crippen LogP) is 2.54. The van der Waals surface area contributed by atoms with Crippen LogP contribution in [-0.2, 0) is 0 Å². The van der Waals surface area contributed by atoms with Crippen LogP contribution in [0.1, 0.15) is 44.2 Å². The number of likely N-dealkylation sites (tertiary alicyclic amines) is 1. The van der Waals surface area contributed by atoms with E-state index in [0.717, 1.165) is 44.2 Å². The highest BCUT2D eigenvalue weighted by Gasteiger charge is 2.21. The second-order valence-electron chi connectivity index (χ2n) is 7.02. The number of nitrogens with two attached hydrogens (primary N) is 1. The zero-order chi connectivity index (χ0) is 16.8. The van der Waals surface area contributed by atoms with Gasteiger partial charge in [-0.25, -0.2) is 0 Å². The first-order chi connectivity index (χ1) is 11.7. The third-order valence-corrected chi connectivity index (χ3v) is 5.07. The summed E-state index contributed by atoms with van der Waals surface area (Å²) in [5, 5.41) is 3.35. The Balaban J connectivity index is 1.42. The Morgan fingerprint density at radius 1 is 1.29 bits per heavy atom. The first-order valence-electron chi connectivity index (χ1n) is 9.23. The maximum atomic E-state index is 6.08. The molecule has 1 unspecified atom stereocenters. The molecule has 3 N–H and O–H groups in total. The predicted molar refractivity (Wildman–Crippen MR) is 98.4 cm³/mol. The number of hydrogen-bond donors (Lipinski definition) is 2. The molecule has 0 bridgehead atoms. The zero-order valence-corrected chi connectivity index (χ0v) is 14.7. The van der Waals surface area contributed by atoms with E-state index in [1.807, 2.05) is 18.2 Å². The highest BCUT2D eigenvalue weighted by atomic mass is 16.5. The monoisotopic (exact) mass is 330 g/mol. The third kappa shape index (κ3) is 4.63. The van der Waals surface area contributed by atoms with Gasteiger partial charge in [-0.05, 0) is 50.9 Å². The Morgan fingerprint density at radius 3 is 2.92 bits per heavy atom. The van der Waals surface area contributed by atoms with E-state index in [2.05, 4.69) is 28.2 Å². The molecule has 5 nitrogen and oxygen atoms in total. The second kappa shape index (κ2) is 8.38. The quantitative estimate of drug-likeness (QED) is 0.495. The van der Waals surface area contributed by atoms with E-state index in [-0.39, 0.29) is 6.04 Å². The van der Waals surface area contributed by atoms with Crippen molar-refractivity contribution >= 4 is 5.96 Å². The van der Waals surface area contributed by atoms with Gasteiger partial charge in [-0.2, -0.15) is 0 Å². The van der Waals surface area contributed by atoms with E-state index in [1.54, 1.807) is 0 Å². The van der Waals surface area contributed by atoms with Gasteiger partial charge in [-0.1, -0.05) is 25.1 Å². The van der Waals surface area contributed by atoms with Gasteiger partial charge in [0.25, 0.3) is 0 Å². The Hall–Kier alpha value is -1.75. The molecule has 1 fully saturated rings. The molecule has 2 aliphatic heterocycles. The molecule has 0 radical (unpaired) electrons. The molecule has 1 aromatic rings. The minimum absolute atomic E-state index is 0.197. The van der Waals surface area contributed by atoms with Crippen molar-refractivity contribution in [3.63, 3.8) is 0 Å². The maximum Gasteiger partial charge on any atom is 0.189 e. The van der Waals surface area contributed by atoms with E-state index in [4.69, 9.17) is 10.5 Å². The van der Waals surface area contributed by atoms with E-state index >= 15 is 0 Å². The molecular formula is C19H30N4O. The summed E-state index contributed by atoms with van der Waals surface area (Å²) in [5.74, 6) is 2.39. The lowest BCUT2D eigenvalue weighted by molar-refractivity contribution is 0.192. The summed E-state index contributed by atoms with van der Waals surface area (Å²) in [5.41, 5.74) is 7.25. The smallest absolute Gasteiger partial charge is 0.189 e. The molecule has 0 saturated carbocycles. The molecule has 2 aliphatic rings. The fourth-order valence-corrected chi connectivity index (χ4v) is 3.50. The van der Waals surface area contributed by atoms with Crippen LogP contribution in [-0.4, -0.2) is 43.6 Å². The topological polar surface area (TPSA) is 62.9 Å². The second-order valence-corrected chi connectivity index (χ2v) is 7.02. The lowest BCUT2D eigenvalue weighted by Gasteiger charge is -2.30. The van der Waals surface area contributed by atoms with E-state index in [9.17, 15) is 0 Å². The van der Waals surface area contributed by atoms with Crippen molar-refractivity contribution in [2.24, 2.45) is 16.6 Å². The van der Waals surface area contributed by atoms with Crippen LogP contribution in [0.3, 0.4) is 0 Å². The molecule has 0 amide bonds. The van der Waals surface area contributed by atoms with Gasteiger partial charge in [0.05, 0.1) is 12.6 Å². The largest absolute Gasteiger partial charge is 0.493 e. The van der Waals surface area contributed by atoms with Crippen molar-refractivity contribution in [2.75, 3.05) is 32.8 Å². The Labute approximate surface area is 145 Å². The Kier molecular flexibility index (Phi) is 5.96. The molecule has 1 atom stereocenters. The summed E-state index contributed by atoms with van der Waals surface area (Å²) < 4.78 is 5.68. The lowest BCUT2D eigenvalue weighted by Crippen LogP contribution is -2.37. The molecule has 0 aromatic heterocycles. The summed E-state index contributed by atoms with van der Waals surface area (Å²) in [7, 11) is 0. The average Bonchev–Trinajstić information content (AvgIpc) is 2.61. The molecule has 2 heterocycles. The summed E-state index contributed by atoms with van der Waals surface area (Å²) in [6, 6.07) is 8.34. The molecule has 24 heavy (non-hydrogen) atoms. The molecule has 1 aromatic carbocycles. The minimum atomic E-state index is 0.197. The first kappa shape index (κ1) is 17.1. The van der Waals surface area contributed by atoms with Gasteiger partial charge in [0.1, 0.15) is 5.75 Å². The van der Waals surface area contributed by atoms with Gasteiger partial charge in [0.15, 0.2) is 5.96 Å². The molecular weight excluding hydrogens is 300 g/mol. The minimum Gasteiger partial charge on any atom is -0.493 e. The van der Waals surface area contributed by atoms with Crippen molar-refractivity contribution in [3.8, 4) is 5.75 Å². The zero-order valence-electron chi connectivity index (χ0n) is 14.7. The van der Waals surface area contributed by atoms with Crippen molar-refractivity contribution in [1.82, 2.24) is 10.2 Å². The molecule has 132 valence electrons. The number of fused-ring (bicyclic) bond motifs is 1. The third-order valence-electron chi connectivity index (χ3n) is 5.07. The van der Waals surface area contributed by atoms with Gasteiger partial charge >= 0.3 is 0 Å². The van der Waals surface area contributed by atoms with Crippen LogP contribution in [0, 0.1) is 5.92 Å². The average molecular weight is 330 g/mol. The van der Waals surface area contributed by atoms with Crippen LogP contribution in [0.15, 0.2) is 29.3 Å². The fraction of sp³-hybridized carbons (Fsp3) is 0.632. The fourth-order valence-electron chi connectivity index (χ4n) is 3.50. The van der Waals surface area contributed by atoms with Crippen LogP contribution < -0.4 is 15.8 Å². The summed E-state index contributed by atoms with van der Waals surface area (Å²) in [6.07, 6.45) is 4.65. The molecule has 5 heteroatoms. The van der Waals surface area contributed by atoms with Gasteiger partial charge in [0.2, 0.25) is 0 Å². The van der Waals surface area contributed by atoms with E-state index in [0.29, 0.717) is 5.96 Å². The van der Waals surface area contributed by atoms with Gasteiger partial charge < -0.3 is 20.7 Å². The van der Waals surface area contributed by atoms with Crippen molar-refractivity contribution in [1.29, 1.82) is 0 Å². The normalized spacial score (nSPS) is 22.7. The van der Waals surface area contributed by atoms with Crippen molar-refractivity contribution in [2.45, 2.75) is 38.6 Å². The van der Waals surface area contributed by atoms with E-state index < -0.39 is 0 Å². The standard InChI is InChI=1S/C19H30N4O/c1-15-7-12-23(13-8-15)11-4-10-21-19(20)22-17-9-14-24-18-6-3-2-5-16(17)18/h2-3,5-6,15,17H,4,7-14H2,1H3,(H3,20,21,22). The Bertz CT molecular complexity index is 552. The Morgan fingerprint density at radius 2 is 2.08 bits per heavy atom. The van der Waals surface area contributed by atoms with Crippen molar-refractivity contribution in [3.05, 3.63) is 29.8 Å². The van der Waals surface area contributed by atoms with Gasteiger partial charge in [0, 0.05) is 18.5 Å². The number of piperidine rings is 1. The molecule has 0 spiro atoms. The van der Waals surface area contributed by atoms with Crippen LogP contribution >= 0.6 is 0 Å². The number of hydrogen-bond acceptors (Lipinski definition) is 3. The molecule has 1 saturated heterocycles. The number of nitrogens with one attached hydrogen (secondary N) is 1. The van der Waals surface area contributed by atoms with Crippen LogP contribution in [0.4, 0.5) is 0 Å². The highest BCUT2D eigenvalue weighted by molar-refractivity contribution is 5.78. The summed E-state index contributed by atoms with van der Waals surface area (Å²) >= 11 is 0. The number of para-hydroxylation sites is 1. The van der Waals surface area contributed by atoms with Gasteiger partial charge in [-0.15, -0.1) is 0 Å². The first-order valence-corrected chi connectivity index (χ1v) is 9.23. The number of guanidine groups is 1. The summed E-state index contributed by atoms with van der Waals surface area (Å²) in [4.78, 5) is 7.06.